The molecule has 6 nitrogen and oxygen atoms in total. The van der Waals surface area contributed by atoms with Crippen LogP contribution in [0.4, 0.5) is 0 Å². The second kappa shape index (κ2) is 6.34. The Morgan fingerprint density at radius 3 is 2.58 bits per heavy atom. The number of benzene rings is 2. The molecule has 4 aromatic rings. The van der Waals surface area contributed by atoms with Crippen molar-refractivity contribution in [1.29, 1.82) is 0 Å². The van der Waals surface area contributed by atoms with Crippen molar-refractivity contribution in [3.63, 3.8) is 0 Å². The van der Waals surface area contributed by atoms with Gasteiger partial charge in [0.1, 0.15) is 27.3 Å². The number of fused-ring (bicyclic) bond motifs is 2. The molecule has 0 bridgehead atoms. The number of rotatable bonds is 3. The van der Waals surface area contributed by atoms with E-state index in [-0.39, 0.29) is 5.76 Å². The van der Waals surface area contributed by atoms with Crippen molar-refractivity contribution >= 4 is 38.4 Å². The molecule has 0 atom stereocenters. The lowest BCUT2D eigenvalue weighted by Gasteiger charge is -2.06. The molecule has 0 aliphatic heterocycles. The molecule has 0 radical (unpaired) electrons. The monoisotopic (exact) mass is 368 g/mol. The first-order valence-electron chi connectivity index (χ1n) is 7.90. The van der Waals surface area contributed by atoms with Crippen molar-refractivity contribution in [3.8, 4) is 11.5 Å². The highest BCUT2D eigenvalue weighted by Gasteiger charge is 2.16. The predicted octanol–water partition coefficient (Wildman–Crippen LogP) is 3.74. The van der Waals surface area contributed by atoms with Gasteiger partial charge in [0.25, 0.3) is 0 Å². The Balaban J connectivity index is 1.87. The number of hydrogen-bond acceptors (Lipinski definition) is 5. The standard InChI is InChI=1S/C19H16N2O4S/c1-21-16-13(23-2)8-9-14(24-3)17(16)26-19(21)20-18(22)15-10-11-6-4-5-7-12(11)25-15/h4-10H,1-3H3. The summed E-state index contributed by atoms with van der Waals surface area (Å²) in [6, 6.07) is 12.8. The molecule has 0 aliphatic rings. The molecule has 132 valence electrons. The predicted molar refractivity (Wildman–Crippen MR) is 100 cm³/mol. The van der Waals surface area contributed by atoms with Gasteiger partial charge in [-0.3, -0.25) is 4.79 Å². The molecular formula is C19H16N2O4S. The number of methoxy groups -OCH3 is 2. The molecule has 2 heterocycles. The van der Waals surface area contributed by atoms with Crippen LogP contribution < -0.4 is 14.3 Å². The van der Waals surface area contributed by atoms with Gasteiger partial charge < -0.3 is 18.5 Å². The van der Waals surface area contributed by atoms with Crippen LogP contribution >= 0.6 is 11.3 Å². The summed E-state index contributed by atoms with van der Waals surface area (Å²) < 4.78 is 19.2. The van der Waals surface area contributed by atoms with Crippen LogP contribution in [0.3, 0.4) is 0 Å². The third kappa shape index (κ3) is 2.57. The Hall–Kier alpha value is -3.06. The quantitative estimate of drug-likeness (QED) is 0.552. The first-order chi connectivity index (χ1) is 12.6. The van der Waals surface area contributed by atoms with Gasteiger partial charge in [0, 0.05) is 12.4 Å². The van der Waals surface area contributed by atoms with E-state index in [2.05, 4.69) is 4.99 Å². The Morgan fingerprint density at radius 2 is 1.85 bits per heavy atom. The molecule has 0 aliphatic carbocycles. The molecule has 7 heteroatoms. The minimum atomic E-state index is -0.429. The van der Waals surface area contributed by atoms with Gasteiger partial charge in [-0.25, -0.2) is 0 Å². The van der Waals surface area contributed by atoms with E-state index in [0.717, 1.165) is 15.6 Å². The number of aromatic nitrogens is 1. The van der Waals surface area contributed by atoms with Gasteiger partial charge >= 0.3 is 5.91 Å². The second-order valence-electron chi connectivity index (χ2n) is 5.66. The first-order valence-corrected chi connectivity index (χ1v) is 8.72. The second-order valence-corrected chi connectivity index (χ2v) is 6.63. The number of hydrogen-bond donors (Lipinski definition) is 0. The van der Waals surface area contributed by atoms with Gasteiger partial charge in [-0.15, -0.1) is 0 Å². The summed E-state index contributed by atoms with van der Waals surface area (Å²) in [5, 5.41) is 0.870. The lowest BCUT2D eigenvalue weighted by molar-refractivity contribution is 0.0973. The van der Waals surface area contributed by atoms with Crippen LogP contribution in [0.15, 0.2) is 51.9 Å². The van der Waals surface area contributed by atoms with Crippen LogP contribution in [0.5, 0.6) is 11.5 Å². The topological polar surface area (TPSA) is 66.0 Å². The fourth-order valence-corrected chi connectivity index (χ4v) is 3.98. The van der Waals surface area contributed by atoms with Crippen molar-refractivity contribution in [2.75, 3.05) is 14.2 Å². The number of carbonyl (C=O) groups is 1. The van der Waals surface area contributed by atoms with Gasteiger partial charge in [-0.2, -0.15) is 4.99 Å². The van der Waals surface area contributed by atoms with Crippen LogP contribution in [0.25, 0.3) is 21.2 Å². The van der Waals surface area contributed by atoms with Crippen molar-refractivity contribution in [2.24, 2.45) is 12.0 Å². The fraction of sp³-hybridized carbons (Fsp3) is 0.158. The molecule has 2 aromatic heterocycles. The van der Waals surface area contributed by atoms with Crippen molar-refractivity contribution in [1.82, 2.24) is 4.57 Å². The van der Waals surface area contributed by atoms with Gasteiger partial charge in [0.2, 0.25) is 0 Å². The van der Waals surface area contributed by atoms with E-state index in [0.29, 0.717) is 21.9 Å². The third-order valence-electron chi connectivity index (χ3n) is 4.15. The maximum absolute atomic E-state index is 12.6. The molecule has 2 aromatic carbocycles. The number of para-hydroxylation sites is 1. The molecule has 0 N–H and O–H groups in total. The molecular weight excluding hydrogens is 352 g/mol. The van der Waals surface area contributed by atoms with Crippen LogP contribution in [-0.2, 0) is 7.05 Å². The van der Waals surface area contributed by atoms with Gasteiger partial charge in [0.05, 0.1) is 14.2 Å². The summed E-state index contributed by atoms with van der Waals surface area (Å²) in [7, 11) is 5.05. The molecule has 0 unspecified atom stereocenters. The molecule has 0 spiro atoms. The van der Waals surface area contributed by atoms with E-state index < -0.39 is 5.91 Å². The summed E-state index contributed by atoms with van der Waals surface area (Å²) in [5.74, 6) is 1.18. The van der Waals surface area contributed by atoms with Gasteiger partial charge in [-0.05, 0) is 24.3 Å². The minimum absolute atomic E-state index is 0.211. The minimum Gasteiger partial charge on any atom is -0.495 e. The molecule has 0 saturated heterocycles. The molecule has 4 rings (SSSR count). The Labute approximate surface area is 152 Å². The first kappa shape index (κ1) is 16.4. The highest BCUT2D eigenvalue weighted by atomic mass is 32.1. The van der Waals surface area contributed by atoms with Gasteiger partial charge in [-0.1, -0.05) is 29.5 Å². The van der Waals surface area contributed by atoms with Crippen molar-refractivity contribution in [2.45, 2.75) is 0 Å². The van der Waals surface area contributed by atoms with Crippen LogP contribution in [0.2, 0.25) is 0 Å². The molecule has 0 saturated carbocycles. The number of aryl methyl sites for hydroxylation is 1. The number of thiazole rings is 1. The van der Waals surface area contributed by atoms with E-state index >= 15 is 0 Å². The zero-order valence-corrected chi connectivity index (χ0v) is 15.3. The molecule has 26 heavy (non-hydrogen) atoms. The SMILES string of the molecule is COc1ccc(OC)c2c1sc(=NC(=O)c1cc3ccccc3o1)n2C. The lowest BCUT2D eigenvalue weighted by Crippen LogP contribution is -2.13. The Bertz CT molecular complexity index is 1170. The summed E-state index contributed by atoms with van der Waals surface area (Å²) >= 11 is 1.36. The maximum atomic E-state index is 12.6. The number of ether oxygens (including phenoxy) is 2. The average Bonchev–Trinajstić information content (AvgIpc) is 3.23. The summed E-state index contributed by atoms with van der Waals surface area (Å²) in [6.45, 7) is 0. The average molecular weight is 368 g/mol. The molecule has 0 fully saturated rings. The van der Waals surface area contributed by atoms with Crippen LogP contribution in [0, 0.1) is 0 Å². The number of carbonyl (C=O) groups excluding carboxylic acids is 1. The highest BCUT2D eigenvalue weighted by Crippen LogP contribution is 2.34. The van der Waals surface area contributed by atoms with E-state index in [1.807, 2.05) is 48.0 Å². The number of nitrogens with zero attached hydrogens (tertiary/aromatic N) is 2. The van der Waals surface area contributed by atoms with Crippen molar-refractivity contribution in [3.05, 3.63) is 53.0 Å². The van der Waals surface area contributed by atoms with E-state index in [9.17, 15) is 4.79 Å². The maximum Gasteiger partial charge on any atom is 0.315 e. The number of furan rings is 1. The normalized spacial score (nSPS) is 12.0. The Morgan fingerprint density at radius 1 is 1.12 bits per heavy atom. The smallest absolute Gasteiger partial charge is 0.315 e. The third-order valence-corrected chi connectivity index (χ3v) is 5.29. The van der Waals surface area contributed by atoms with E-state index in [1.54, 1.807) is 20.3 Å². The summed E-state index contributed by atoms with van der Waals surface area (Å²) in [6.07, 6.45) is 0. The summed E-state index contributed by atoms with van der Waals surface area (Å²) in [5.41, 5.74) is 1.49. The fourth-order valence-electron chi connectivity index (χ4n) is 2.86. The van der Waals surface area contributed by atoms with Crippen LogP contribution in [0.1, 0.15) is 10.6 Å². The van der Waals surface area contributed by atoms with E-state index in [4.69, 9.17) is 13.9 Å². The zero-order chi connectivity index (χ0) is 18.3. The van der Waals surface area contributed by atoms with E-state index in [1.165, 1.54) is 11.3 Å². The Kier molecular flexibility index (Phi) is 4.00. The van der Waals surface area contributed by atoms with Crippen molar-refractivity contribution < 1.29 is 18.7 Å². The molecule has 1 amide bonds. The highest BCUT2D eigenvalue weighted by molar-refractivity contribution is 7.16. The van der Waals surface area contributed by atoms with Gasteiger partial charge in [0.15, 0.2) is 10.6 Å². The summed E-state index contributed by atoms with van der Waals surface area (Å²) in [4.78, 5) is 17.4. The zero-order valence-electron chi connectivity index (χ0n) is 14.5. The lowest BCUT2D eigenvalue weighted by atomic mass is 10.2. The largest absolute Gasteiger partial charge is 0.495 e. The van der Waals surface area contributed by atoms with Crippen LogP contribution in [-0.4, -0.2) is 24.7 Å². The number of amides is 1.